The van der Waals surface area contributed by atoms with Crippen LogP contribution in [0.4, 0.5) is 0 Å². The van der Waals surface area contributed by atoms with E-state index in [9.17, 15) is 4.79 Å². The van der Waals surface area contributed by atoms with Gasteiger partial charge in [0.25, 0.3) is 0 Å². The molecule has 0 aliphatic heterocycles. The maximum absolute atomic E-state index is 10.4. The average Bonchev–Trinajstić information content (AvgIpc) is 2.27. The van der Waals surface area contributed by atoms with Gasteiger partial charge in [-0.25, -0.2) is 0 Å². The number of aldehydes is 1. The van der Waals surface area contributed by atoms with Crippen LogP contribution in [0.25, 0.3) is 0 Å². The molecule has 0 aliphatic rings. The topological polar surface area (TPSA) is 34.9 Å². The lowest BCUT2D eigenvalue weighted by Gasteiger charge is -2.08. The molecule has 1 aromatic rings. The number of aryl methyl sites for hydroxylation is 2. The maximum atomic E-state index is 10.4. The van der Waals surface area contributed by atoms with Crippen LogP contribution in [-0.2, 0) is 11.8 Å². The lowest BCUT2D eigenvalue weighted by Crippen LogP contribution is -2.03. The van der Waals surface area contributed by atoms with E-state index in [-0.39, 0.29) is 5.92 Å². The molecule has 4 heteroatoms. The molecule has 1 atom stereocenters. The Hall–Kier alpha value is -0.640. The van der Waals surface area contributed by atoms with Gasteiger partial charge < -0.3 is 4.79 Å². The van der Waals surface area contributed by atoms with E-state index in [1.54, 1.807) is 0 Å². The molecule has 0 fully saturated rings. The zero-order valence-corrected chi connectivity index (χ0v) is 9.63. The second-order valence-electron chi connectivity index (χ2n) is 3.21. The van der Waals surface area contributed by atoms with Gasteiger partial charge in [0.05, 0.1) is 15.9 Å². The molecule has 3 nitrogen and oxygen atoms in total. The van der Waals surface area contributed by atoms with Gasteiger partial charge in [0.2, 0.25) is 0 Å². The first kappa shape index (κ1) is 10.4. The molecule has 0 saturated carbocycles. The highest BCUT2D eigenvalue weighted by Crippen LogP contribution is 2.28. The number of hydrogen-bond acceptors (Lipinski definition) is 2. The van der Waals surface area contributed by atoms with E-state index in [0.29, 0.717) is 6.42 Å². The van der Waals surface area contributed by atoms with Gasteiger partial charge in [0.15, 0.2) is 0 Å². The van der Waals surface area contributed by atoms with Crippen molar-refractivity contribution in [3.63, 3.8) is 0 Å². The number of carbonyl (C=O) groups excluding carboxylic acids is 1. The summed E-state index contributed by atoms with van der Waals surface area (Å²) in [5.41, 5.74) is 2.06. The van der Waals surface area contributed by atoms with Crippen LogP contribution in [0.3, 0.4) is 0 Å². The summed E-state index contributed by atoms with van der Waals surface area (Å²) in [5.74, 6) is 0.220. The van der Waals surface area contributed by atoms with E-state index in [4.69, 9.17) is 0 Å². The van der Waals surface area contributed by atoms with E-state index >= 15 is 0 Å². The monoisotopic (exact) mass is 244 g/mol. The summed E-state index contributed by atoms with van der Waals surface area (Å²) in [4.78, 5) is 10.4. The first-order valence-corrected chi connectivity index (χ1v) is 4.99. The zero-order valence-electron chi connectivity index (χ0n) is 8.04. The number of hydrogen-bond donors (Lipinski definition) is 0. The van der Waals surface area contributed by atoms with Crippen molar-refractivity contribution in [1.29, 1.82) is 0 Å². The summed E-state index contributed by atoms with van der Waals surface area (Å²) < 4.78 is 2.84. The minimum Gasteiger partial charge on any atom is -0.303 e. The molecule has 0 bridgehead atoms. The molecule has 0 aromatic carbocycles. The fraction of sp³-hybridized carbons (Fsp3) is 0.556. The van der Waals surface area contributed by atoms with E-state index < -0.39 is 0 Å². The van der Waals surface area contributed by atoms with Gasteiger partial charge in [-0.05, 0) is 22.9 Å². The van der Waals surface area contributed by atoms with Crippen LogP contribution in [0.1, 0.15) is 30.7 Å². The lowest BCUT2D eigenvalue weighted by molar-refractivity contribution is -0.108. The third-order valence-electron chi connectivity index (χ3n) is 2.11. The van der Waals surface area contributed by atoms with E-state index in [1.165, 1.54) is 0 Å². The molecule has 1 unspecified atom stereocenters. The van der Waals surface area contributed by atoms with Crippen LogP contribution < -0.4 is 0 Å². The summed E-state index contributed by atoms with van der Waals surface area (Å²) in [6, 6.07) is 0. The van der Waals surface area contributed by atoms with Gasteiger partial charge in [0, 0.05) is 19.4 Å². The molecule has 0 spiro atoms. The Bertz CT molecular complexity index is 320. The molecule has 0 aliphatic carbocycles. The molecule has 13 heavy (non-hydrogen) atoms. The first-order chi connectivity index (χ1) is 6.07. The molecular weight excluding hydrogens is 232 g/mol. The van der Waals surface area contributed by atoms with Crippen molar-refractivity contribution in [2.24, 2.45) is 7.05 Å². The van der Waals surface area contributed by atoms with Crippen molar-refractivity contribution in [2.45, 2.75) is 26.2 Å². The molecule has 0 amide bonds. The second kappa shape index (κ2) is 4.05. The highest BCUT2D eigenvalue weighted by Gasteiger charge is 2.16. The lowest BCUT2D eigenvalue weighted by atomic mass is 10.0. The predicted octanol–water partition coefficient (Wildman–Crippen LogP) is 2.18. The van der Waals surface area contributed by atoms with Gasteiger partial charge in [-0.2, -0.15) is 5.10 Å². The molecule has 1 heterocycles. The second-order valence-corrected chi connectivity index (χ2v) is 4.00. The van der Waals surface area contributed by atoms with Crippen molar-refractivity contribution < 1.29 is 4.79 Å². The molecule has 72 valence electrons. The molecule has 0 N–H and O–H groups in total. The largest absolute Gasteiger partial charge is 0.303 e. The summed E-state index contributed by atoms with van der Waals surface area (Å²) in [5, 5.41) is 4.27. The standard InChI is InChI=1S/C9H13BrN2O/c1-6(4-5-13)9-8(10)7(2)11-12(9)3/h5-6H,4H2,1-3H3. The third kappa shape index (κ3) is 1.99. The third-order valence-corrected chi connectivity index (χ3v) is 3.09. The smallest absolute Gasteiger partial charge is 0.120 e. The van der Waals surface area contributed by atoms with Crippen LogP contribution in [0.2, 0.25) is 0 Å². The minimum atomic E-state index is 0.220. The summed E-state index contributed by atoms with van der Waals surface area (Å²) >= 11 is 3.47. The number of halogens is 1. The van der Waals surface area contributed by atoms with E-state index in [2.05, 4.69) is 21.0 Å². The zero-order chi connectivity index (χ0) is 10.0. The van der Waals surface area contributed by atoms with E-state index in [1.807, 2.05) is 25.6 Å². The Labute approximate surface area is 86.3 Å². The van der Waals surface area contributed by atoms with Crippen molar-refractivity contribution in [2.75, 3.05) is 0 Å². The van der Waals surface area contributed by atoms with Crippen molar-refractivity contribution in [3.05, 3.63) is 15.9 Å². The van der Waals surface area contributed by atoms with Gasteiger partial charge >= 0.3 is 0 Å². The number of rotatable bonds is 3. The van der Waals surface area contributed by atoms with Crippen LogP contribution in [0, 0.1) is 6.92 Å². The fourth-order valence-electron chi connectivity index (χ4n) is 1.44. The quantitative estimate of drug-likeness (QED) is 0.765. The maximum Gasteiger partial charge on any atom is 0.120 e. The Morgan fingerprint density at radius 1 is 1.69 bits per heavy atom. The predicted molar refractivity (Wildman–Crippen MR) is 54.7 cm³/mol. The summed E-state index contributed by atoms with van der Waals surface area (Å²) in [6.45, 7) is 3.97. The number of carbonyl (C=O) groups is 1. The number of nitrogens with zero attached hydrogens (tertiary/aromatic N) is 2. The van der Waals surface area contributed by atoms with Gasteiger partial charge in [-0.1, -0.05) is 6.92 Å². The molecule has 1 rings (SSSR count). The summed E-state index contributed by atoms with van der Waals surface area (Å²) in [6.07, 6.45) is 1.48. The van der Waals surface area contributed by atoms with Crippen LogP contribution >= 0.6 is 15.9 Å². The minimum absolute atomic E-state index is 0.220. The summed E-state index contributed by atoms with van der Waals surface area (Å²) in [7, 11) is 1.90. The average molecular weight is 245 g/mol. The Kier molecular flexibility index (Phi) is 3.25. The Balaban J connectivity index is 3.05. The molecular formula is C9H13BrN2O. The van der Waals surface area contributed by atoms with Crippen LogP contribution in [0.5, 0.6) is 0 Å². The van der Waals surface area contributed by atoms with Crippen molar-refractivity contribution >= 4 is 22.2 Å². The Morgan fingerprint density at radius 3 is 2.69 bits per heavy atom. The van der Waals surface area contributed by atoms with Crippen LogP contribution in [-0.4, -0.2) is 16.1 Å². The molecule has 1 aromatic heterocycles. The van der Waals surface area contributed by atoms with Crippen LogP contribution in [0.15, 0.2) is 4.47 Å². The fourth-order valence-corrected chi connectivity index (χ4v) is 2.17. The van der Waals surface area contributed by atoms with Gasteiger partial charge in [-0.3, -0.25) is 4.68 Å². The molecule has 0 radical (unpaired) electrons. The highest BCUT2D eigenvalue weighted by atomic mass is 79.9. The first-order valence-electron chi connectivity index (χ1n) is 4.20. The van der Waals surface area contributed by atoms with Gasteiger partial charge in [0.1, 0.15) is 6.29 Å². The number of aromatic nitrogens is 2. The highest BCUT2D eigenvalue weighted by molar-refractivity contribution is 9.10. The van der Waals surface area contributed by atoms with E-state index in [0.717, 1.165) is 22.1 Å². The SMILES string of the molecule is Cc1nn(C)c(C(C)CC=O)c1Br. The normalized spacial score (nSPS) is 12.9. The Morgan fingerprint density at radius 2 is 2.31 bits per heavy atom. The molecule has 0 saturated heterocycles. The van der Waals surface area contributed by atoms with Crippen molar-refractivity contribution in [1.82, 2.24) is 9.78 Å². The van der Waals surface area contributed by atoms with Gasteiger partial charge in [-0.15, -0.1) is 0 Å². The van der Waals surface area contributed by atoms with Crippen molar-refractivity contribution in [3.8, 4) is 0 Å².